The SMILES string of the molecule is CC(C=O)CC(F)C(=O)O. The molecule has 0 aromatic heterocycles. The molecule has 10 heavy (non-hydrogen) atoms. The lowest BCUT2D eigenvalue weighted by molar-refractivity contribution is -0.143. The maximum atomic E-state index is 12.2. The molecule has 0 spiro atoms. The molecule has 0 amide bonds. The van der Waals surface area contributed by atoms with E-state index in [4.69, 9.17) is 5.11 Å². The average molecular weight is 148 g/mol. The molecule has 2 unspecified atom stereocenters. The van der Waals surface area contributed by atoms with Crippen LogP contribution in [0.3, 0.4) is 0 Å². The Bertz CT molecular complexity index is 135. The number of alkyl halides is 1. The standard InChI is InChI=1S/C6H9FO3/c1-4(3-8)2-5(7)6(9)10/h3-5H,2H2,1H3,(H,9,10). The van der Waals surface area contributed by atoms with Gasteiger partial charge in [-0.25, -0.2) is 9.18 Å². The fraction of sp³-hybridized carbons (Fsp3) is 0.667. The summed E-state index contributed by atoms with van der Waals surface area (Å²) in [5, 5.41) is 8.04. The summed E-state index contributed by atoms with van der Waals surface area (Å²) in [6, 6.07) is 0. The summed E-state index contributed by atoms with van der Waals surface area (Å²) in [6.45, 7) is 1.47. The van der Waals surface area contributed by atoms with Gasteiger partial charge in [0, 0.05) is 5.92 Å². The predicted octanol–water partition coefficient (Wildman–Crippen LogP) is 0.634. The molecule has 0 aromatic carbocycles. The second-order valence-corrected chi connectivity index (χ2v) is 2.15. The first-order valence-corrected chi connectivity index (χ1v) is 2.90. The van der Waals surface area contributed by atoms with Crippen molar-refractivity contribution in [2.45, 2.75) is 19.5 Å². The lowest BCUT2D eigenvalue weighted by Crippen LogP contribution is -2.17. The second-order valence-electron chi connectivity index (χ2n) is 2.15. The Morgan fingerprint density at radius 2 is 2.30 bits per heavy atom. The average Bonchev–Trinajstić information content (AvgIpc) is 1.87. The van der Waals surface area contributed by atoms with E-state index in [2.05, 4.69) is 0 Å². The van der Waals surface area contributed by atoms with Gasteiger partial charge < -0.3 is 9.90 Å². The van der Waals surface area contributed by atoms with Crippen LogP contribution < -0.4 is 0 Å². The van der Waals surface area contributed by atoms with Gasteiger partial charge in [0.25, 0.3) is 0 Å². The topological polar surface area (TPSA) is 54.4 Å². The number of aliphatic carboxylic acids is 1. The molecule has 0 aliphatic carbocycles. The minimum atomic E-state index is -1.92. The maximum Gasteiger partial charge on any atom is 0.338 e. The summed E-state index contributed by atoms with van der Waals surface area (Å²) in [5.41, 5.74) is 0. The molecule has 3 nitrogen and oxygen atoms in total. The Kier molecular flexibility index (Phi) is 3.61. The number of rotatable bonds is 4. The van der Waals surface area contributed by atoms with Crippen molar-refractivity contribution in [2.75, 3.05) is 0 Å². The molecule has 0 bridgehead atoms. The predicted molar refractivity (Wildman–Crippen MR) is 32.4 cm³/mol. The molecular weight excluding hydrogens is 139 g/mol. The van der Waals surface area contributed by atoms with Gasteiger partial charge in [-0.1, -0.05) is 6.92 Å². The largest absolute Gasteiger partial charge is 0.479 e. The first-order valence-electron chi connectivity index (χ1n) is 2.90. The van der Waals surface area contributed by atoms with Crippen molar-refractivity contribution in [1.82, 2.24) is 0 Å². The van der Waals surface area contributed by atoms with Gasteiger partial charge in [0.2, 0.25) is 0 Å². The van der Waals surface area contributed by atoms with Crippen molar-refractivity contribution >= 4 is 12.3 Å². The van der Waals surface area contributed by atoms with Crippen molar-refractivity contribution in [3.63, 3.8) is 0 Å². The van der Waals surface area contributed by atoms with Crippen molar-refractivity contribution in [1.29, 1.82) is 0 Å². The van der Waals surface area contributed by atoms with E-state index in [1.165, 1.54) is 6.92 Å². The van der Waals surface area contributed by atoms with Gasteiger partial charge >= 0.3 is 5.97 Å². The number of halogens is 1. The maximum absolute atomic E-state index is 12.2. The van der Waals surface area contributed by atoms with Crippen LogP contribution in [-0.2, 0) is 9.59 Å². The third-order valence-corrected chi connectivity index (χ3v) is 1.08. The highest BCUT2D eigenvalue weighted by Gasteiger charge is 2.18. The van der Waals surface area contributed by atoms with Crippen LogP contribution in [0.25, 0.3) is 0 Å². The molecule has 1 N–H and O–H groups in total. The minimum absolute atomic E-state index is 0.237. The normalized spacial score (nSPS) is 15.8. The summed E-state index contributed by atoms with van der Waals surface area (Å²) >= 11 is 0. The van der Waals surface area contributed by atoms with Gasteiger partial charge in [0.1, 0.15) is 6.29 Å². The zero-order valence-electron chi connectivity index (χ0n) is 5.58. The first-order chi connectivity index (χ1) is 4.57. The second kappa shape index (κ2) is 3.98. The van der Waals surface area contributed by atoms with Gasteiger partial charge in [-0.05, 0) is 6.42 Å². The highest BCUT2D eigenvalue weighted by molar-refractivity contribution is 5.72. The number of hydrogen-bond acceptors (Lipinski definition) is 2. The number of carboxylic acid groups (broad SMARTS) is 1. The number of aldehydes is 1. The Morgan fingerprint density at radius 1 is 1.80 bits per heavy atom. The van der Waals surface area contributed by atoms with Crippen LogP contribution >= 0.6 is 0 Å². The molecule has 4 heteroatoms. The Morgan fingerprint density at radius 3 is 2.60 bits per heavy atom. The molecule has 0 aliphatic heterocycles. The molecule has 0 radical (unpaired) electrons. The number of hydrogen-bond donors (Lipinski definition) is 1. The fourth-order valence-electron chi connectivity index (χ4n) is 0.483. The van der Waals surface area contributed by atoms with Gasteiger partial charge in [-0.3, -0.25) is 0 Å². The Labute approximate surface area is 57.8 Å². The molecule has 2 atom stereocenters. The zero-order chi connectivity index (χ0) is 8.15. The smallest absolute Gasteiger partial charge is 0.338 e. The number of carbonyl (C=O) groups excluding carboxylic acids is 1. The lowest BCUT2D eigenvalue weighted by Gasteiger charge is -2.03. The van der Waals surface area contributed by atoms with E-state index in [9.17, 15) is 14.0 Å². The van der Waals surface area contributed by atoms with E-state index in [1.54, 1.807) is 0 Å². The number of carbonyl (C=O) groups is 2. The van der Waals surface area contributed by atoms with Crippen molar-refractivity contribution in [3.05, 3.63) is 0 Å². The van der Waals surface area contributed by atoms with E-state index >= 15 is 0 Å². The van der Waals surface area contributed by atoms with Crippen LogP contribution in [0.15, 0.2) is 0 Å². The highest BCUT2D eigenvalue weighted by Crippen LogP contribution is 2.06. The van der Waals surface area contributed by atoms with Crippen LogP contribution in [0, 0.1) is 5.92 Å². The van der Waals surface area contributed by atoms with Crippen LogP contribution in [0.5, 0.6) is 0 Å². The van der Waals surface area contributed by atoms with E-state index in [-0.39, 0.29) is 6.42 Å². The monoisotopic (exact) mass is 148 g/mol. The third-order valence-electron chi connectivity index (χ3n) is 1.08. The van der Waals surface area contributed by atoms with E-state index in [0.29, 0.717) is 6.29 Å². The third kappa shape index (κ3) is 3.17. The number of carboxylic acids is 1. The molecule has 0 aliphatic rings. The molecule has 0 aromatic rings. The van der Waals surface area contributed by atoms with Crippen LogP contribution in [0.2, 0.25) is 0 Å². The molecular formula is C6H9FO3. The minimum Gasteiger partial charge on any atom is -0.479 e. The molecule has 58 valence electrons. The first kappa shape index (κ1) is 9.07. The molecule has 0 saturated carbocycles. The summed E-state index contributed by atoms with van der Waals surface area (Å²) in [4.78, 5) is 19.8. The summed E-state index contributed by atoms with van der Waals surface area (Å²) in [6.07, 6.45) is -1.62. The van der Waals surface area contributed by atoms with Crippen LogP contribution in [-0.4, -0.2) is 23.5 Å². The summed E-state index contributed by atoms with van der Waals surface area (Å²) in [5.74, 6) is -2.03. The highest BCUT2D eigenvalue weighted by atomic mass is 19.1. The van der Waals surface area contributed by atoms with Crippen molar-refractivity contribution < 1.29 is 19.1 Å². The molecule has 0 rings (SSSR count). The van der Waals surface area contributed by atoms with Crippen LogP contribution in [0.1, 0.15) is 13.3 Å². The molecule has 0 fully saturated rings. The molecule has 0 heterocycles. The Balaban J connectivity index is 3.67. The summed E-state index contributed by atoms with van der Waals surface area (Å²) in [7, 11) is 0. The van der Waals surface area contributed by atoms with Gasteiger partial charge in [0.05, 0.1) is 0 Å². The quantitative estimate of drug-likeness (QED) is 0.595. The van der Waals surface area contributed by atoms with E-state index in [0.717, 1.165) is 0 Å². The Hall–Kier alpha value is -0.930. The fourth-order valence-corrected chi connectivity index (χ4v) is 0.483. The molecule has 0 saturated heterocycles. The van der Waals surface area contributed by atoms with Crippen molar-refractivity contribution in [3.8, 4) is 0 Å². The van der Waals surface area contributed by atoms with Crippen molar-refractivity contribution in [2.24, 2.45) is 5.92 Å². The van der Waals surface area contributed by atoms with Crippen LogP contribution in [0.4, 0.5) is 4.39 Å². The van der Waals surface area contributed by atoms with Gasteiger partial charge in [0.15, 0.2) is 6.17 Å². The van der Waals surface area contributed by atoms with Gasteiger partial charge in [-0.2, -0.15) is 0 Å². The summed E-state index contributed by atoms with van der Waals surface area (Å²) < 4.78 is 12.2. The van der Waals surface area contributed by atoms with E-state index in [1.807, 2.05) is 0 Å². The van der Waals surface area contributed by atoms with E-state index < -0.39 is 18.1 Å². The lowest BCUT2D eigenvalue weighted by atomic mass is 10.1. The zero-order valence-corrected chi connectivity index (χ0v) is 5.58. The van der Waals surface area contributed by atoms with Gasteiger partial charge in [-0.15, -0.1) is 0 Å².